The van der Waals surface area contributed by atoms with Gasteiger partial charge in [0.2, 0.25) is 17.5 Å². The minimum absolute atomic E-state index is 0.0469. The van der Waals surface area contributed by atoms with Crippen molar-refractivity contribution < 1.29 is 23.1 Å². The Morgan fingerprint density at radius 2 is 1.86 bits per heavy atom. The van der Waals surface area contributed by atoms with E-state index in [2.05, 4.69) is 11.1 Å². The summed E-state index contributed by atoms with van der Waals surface area (Å²) in [5, 5.41) is 9.52. The zero-order chi connectivity index (χ0) is 24.6. The zero-order valence-corrected chi connectivity index (χ0v) is 19.3. The summed E-state index contributed by atoms with van der Waals surface area (Å²) >= 11 is 0. The number of nitrogens with zero attached hydrogens (tertiary/aromatic N) is 4. The smallest absolute Gasteiger partial charge is 0.260 e. The van der Waals surface area contributed by atoms with E-state index in [-0.39, 0.29) is 24.0 Å². The van der Waals surface area contributed by atoms with Crippen molar-refractivity contribution in [2.75, 3.05) is 44.3 Å². The summed E-state index contributed by atoms with van der Waals surface area (Å²) in [6.45, 7) is 4.07. The van der Waals surface area contributed by atoms with E-state index in [1.807, 2.05) is 42.2 Å². The Labute approximate surface area is 202 Å². The summed E-state index contributed by atoms with van der Waals surface area (Å²) in [6.07, 6.45) is 3.55. The number of hydrogen-bond donors (Lipinski definition) is 0. The van der Waals surface area contributed by atoms with E-state index >= 15 is 0 Å². The standard InChI is InChI=1S/C26H25FN4O4/c1-2-33-20-10-7-19(8-11-20)9-12-24-29-22(17-28)26(35-24)31-15-13-30(14-16-31)25(32)18-34-23-6-4-3-5-21(23)27/h3-12H,2,13-16,18H2,1H3/b12-9+. The van der Waals surface area contributed by atoms with Gasteiger partial charge in [0.15, 0.2) is 18.2 Å². The highest BCUT2D eigenvalue weighted by molar-refractivity contribution is 5.78. The van der Waals surface area contributed by atoms with Gasteiger partial charge >= 0.3 is 0 Å². The number of para-hydroxylation sites is 1. The number of oxazole rings is 1. The van der Waals surface area contributed by atoms with Crippen molar-refractivity contribution in [2.24, 2.45) is 0 Å². The Kier molecular flexibility index (Phi) is 7.63. The Bertz CT molecular complexity index is 1220. The second-order valence-electron chi connectivity index (χ2n) is 7.74. The van der Waals surface area contributed by atoms with Gasteiger partial charge in [-0.15, -0.1) is 0 Å². The molecule has 0 spiro atoms. The Morgan fingerprint density at radius 1 is 1.11 bits per heavy atom. The molecule has 1 aliphatic rings. The van der Waals surface area contributed by atoms with Crippen LogP contribution in [0.3, 0.4) is 0 Å². The lowest BCUT2D eigenvalue weighted by atomic mass is 10.2. The molecule has 35 heavy (non-hydrogen) atoms. The highest BCUT2D eigenvalue weighted by Crippen LogP contribution is 2.25. The summed E-state index contributed by atoms with van der Waals surface area (Å²) in [4.78, 5) is 20.3. The topological polar surface area (TPSA) is 91.8 Å². The van der Waals surface area contributed by atoms with Gasteiger partial charge in [0, 0.05) is 32.3 Å². The molecule has 4 rings (SSSR count). The van der Waals surface area contributed by atoms with Crippen molar-refractivity contribution in [3.8, 4) is 17.6 Å². The molecule has 8 nitrogen and oxygen atoms in total. The number of aromatic nitrogens is 1. The van der Waals surface area contributed by atoms with Crippen molar-refractivity contribution in [3.05, 3.63) is 71.5 Å². The predicted octanol–water partition coefficient (Wildman–Crippen LogP) is 3.98. The highest BCUT2D eigenvalue weighted by Gasteiger charge is 2.26. The monoisotopic (exact) mass is 476 g/mol. The first-order valence-corrected chi connectivity index (χ1v) is 11.3. The molecule has 2 aromatic carbocycles. The normalized spacial score (nSPS) is 13.6. The van der Waals surface area contributed by atoms with Gasteiger partial charge in [0.1, 0.15) is 11.8 Å². The van der Waals surface area contributed by atoms with Crippen LogP contribution in [0.1, 0.15) is 24.1 Å². The molecule has 1 aromatic heterocycles. The van der Waals surface area contributed by atoms with Crippen LogP contribution in [0.4, 0.5) is 10.3 Å². The fourth-order valence-corrected chi connectivity index (χ4v) is 3.65. The largest absolute Gasteiger partial charge is 0.494 e. The van der Waals surface area contributed by atoms with Crippen LogP contribution in [0.15, 0.2) is 52.9 Å². The van der Waals surface area contributed by atoms with Gasteiger partial charge in [-0.25, -0.2) is 4.39 Å². The minimum atomic E-state index is -0.508. The number of amides is 1. The van der Waals surface area contributed by atoms with Crippen molar-refractivity contribution in [1.82, 2.24) is 9.88 Å². The van der Waals surface area contributed by atoms with E-state index in [1.54, 1.807) is 23.1 Å². The molecule has 1 saturated heterocycles. The molecular weight excluding hydrogens is 451 g/mol. The van der Waals surface area contributed by atoms with Crippen LogP contribution in [-0.2, 0) is 4.79 Å². The van der Waals surface area contributed by atoms with E-state index in [1.165, 1.54) is 12.1 Å². The van der Waals surface area contributed by atoms with Crippen LogP contribution >= 0.6 is 0 Å². The van der Waals surface area contributed by atoms with E-state index in [4.69, 9.17) is 13.9 Å². The molecule has 1 aliphatic heterocycles. The first kappa shape index (κ1) is 23.8. The lowest BCUT2D eigenvalue weighted by Crippen LogP contribution is -2.50. The number of nitriles is 1. The Balaban J connectivity index is 1.34. The molecule has 0 atom stereocenters. The number of benzene rings is 2. The molecule has 0 saturated carbocycles. The van der Waals surface area contributed by atoms with E-state index in [0.29, 0.717) is 44.6 Å². The zero-order valence-electron chi connectivity index (χ0n) is 19.3. The quantitative estimate of drug-likeness (QED) is 0.486. The molecule has 180 valence electrons. The van der Waals surface area contributed by atoms with Gasteiger partial charge in [-0.1, -0.05) is 24.3 Å². The fraction of sp³-hybridized carbons (Fsp3) is 0.269. The average molecular weight is 477 g/mol. The third-order valence-corrected chi connectivity index (χ3v) is 5.45. The second kappa shape index (κ2) is 11.2. The minimum Gasteiger partial charge on any atom is -0.494 e. The third kappa shape index (κ3) is 5.98. The maximum absolute atomic E-state index is 13.7. The highest BCUT2D eigenvalue weighted by atomic mass is 19.1. The Hall–Kier alpha value is -4.32. The molecule has 0 radical (unpaired) electrons. The van der Waals surface area contributed by atoms with E-state index < -0.39 is 5.82 Å². The van der Waals surface area contributed by atoms with E-state index in [0.717, 1.165) is 11.3 Å². The maximum Gasteiger partial charge on any atom is 0.260 e. The average Bonchev–Trinajstić information content (AvgIpc) is 3.31. The molecule has 0 unspecified atom stereocenters. The molecular formula is C26H25FN4O4. The number of carbonyl (C=O) groups excluding carboxylic acids is 1. The molecule has 0 bridgehead atoms. The first-order chi connectivity index (χ1) is 17.1. The molecule has 1 fully saturated rings. The van der Waals surface area contributed by atoms with Crippen LogP contribution in [-0.4, -0.2) is 55.2 Å². The number of hydrogen-bond acceptors (Lipinski definition) is 7. The number of piperazine rings is 1. The van der Waals surface area contributed by atoms with Gasteiger partial charge in [-0.2, -0.15) is 10.2 Å². The molecule has 3 aromatic rings. The predicted molar refractivity (Wildman–Crippen MR) is 128 cm³/mol. The summed E-state index contributed by atoms with van der Waals surface area (Å²) in [6, 6.07) is 15.6. The van der Waals surface area contributed by atoms with Gasteiger partial charge in [-0.05, 0) is 42.8 Å². The molecule has 9 heteroatoms. The number of anilines is 1. The summed E-state index contributed by atoms with van der Waals surface area (Å²) in [7, 11) is 0. The number of rotatable bonds is 8. The third-order valence-electron chi connectivity index (χ3n) is 5.45. The Morgan fingerprint density at radius 3 is 2.54 bits per heavy atom. The summed E-state index contributed by atoms with van der Waals surface area (Å²) < 4.78 is 30.3. The summed E-state index contributed by atoms with van der Waals surface area (Å²) in [5.41, 5.74) is 1.13. The van der Waals surface area contributed by atoms with Crippen molar-refractivity contribution >= 4 is 23.9 Å². The van der Waals surface area contributed by atoms with Crippen LogP contribution in [0, 0.1) is 17.1 Å². The van der Waals surface area contributed by atoms with E-state index in [9.17, 15) is 14.4 Å². The number of carbonyl (C=O) groups is 1. The van der Waals surface area contributed by atoms with Crippen LogP contribution < -0.4 is 14.4 Å². The SMILES string of the molecule is CCOc1ccc(/C=C/c2nc(C#N)c(N3CCN(C(=O)COc4ccccc4F)CC3)o2)cc1. The fourth-order valence-electron chi connectivity index (χ4n) is 3.65. The molecule has 0 N–H and O–H groups in total. The van der Waals surface area contributed by atoms with Gasteiger partial charge in [-0.3, -0.25) is 4.79 Å². The van der Waals surface area contributed by atoms with Crippen molar-refractivity contribution in [3.63, 3.8) is 0 Å². The number of ether oxygens (including phenoxy) is 2. The first-order valence-electron chi connectivity index (χ1n) is 11.3. The lowest BCUT2D eigenvalue weighted by Gasteiger charge is -2.34. The molecule has 0 aliphatic carbocycles. The van der Waals surface area contributed by atoms with Crippen LogP contribution in [0.25, 0.3) is 12.2 Å². The maximum atomic E-state index is 13.7. The second-order valence-corrected chi connectivity index (χ2v) is 7.74. The number of halogens is 1. The molecule has 2 heterocycles. The van der Waals surface area contributed by atoms with Gasteiger partial charge in [0.05, 0.1) is 6.61 Å². The molecule has 1 amide bonds. The van der Waals surface area contributed by atoms with Crippen LogP contribution in [0.5, 0.6) is 11.5 Å². The van der Waals surface area contributed by atoms with Crippen molar-refractivity contribution in [1.29, 1.82) is 5.26 Å². The summed E-state index contributed by atoms with van der Waals surface area (Å²) in [5.74, 6) is 0.810. The van der Waals surface area contributed by atoms with Crippen LogP contribution in [0.2, 0.25) is 0 Å². The van der Waals surface area contributed by atoms with Gasteiger partial charge < -0.3 is 23.7 Å². The van der Waals surface area contributed by atoms with Crippen molar-refractivity contribution in [2.45, 2.75) is 6.92 Å². The lowest BCUT2D eigenvalue weighted by molar-refractivity contribution is -0.133. The van der Waals surface area contributed by atoms with Gasteiger partial charge in [0.25, 0.3) is 5.91 Å².